The topological polar surface area (TPSA) is 44.5 Å². The normalized spacial score (nSPS) is 12.9. The maximum atomic E-state index is 13.1. The van der Waals surface area contributed by atoms with Crippen molar-refractivity contribution in [2.75, 3.05) is 18.9 Å². The van der Waals surface area contributed by atoms with Crippen LogP contribution in [0.4, 0.5) is 10.1 Å². The zero-order chi connectivity index (χ0) is 14.8. The third-order valence-electron chi connectivity index (χ3n) is 3.43. The highest BCUT2D eigenvalue weighted by Gasteiger charge is 2.12. The van der Waals surface area contributed by atoms with Crippen molar-refractivity contribution >= 4 is 21.6 Å². The Morgan fingerprint density at radius 2 is 2.14 bits per heavy atom. The van der Waals surface area contributed by atoms with E-state index >= 15 is 0 Å². The molecular weight excluding hydrogens is 337 g/mol. The second-order valence-electron chi connectivity index (χ2n) is 4.94. The van der Waals surface area contributed by atoms with Crippen molar-refractivity contribution in [1.29, 1.82) is 0 Å². The fraction of sp³-hybridized carbons (Fsp3) is 0.250. The van der Waals surface area contributed by atoms with Gasteiger partial charge in [-0.1, -0.05) is 12.1 Å². The lowest BCUT2D eigenvalue weighted by Crippen LogP contribution is -2.04. The molecular formula is C16H15BrFNO2. The number of benzene rings is 2. The van der Waals surface area contributed by atoms with Gasteiger partial charge in [0.1, 0.15) is 11.6 Å². The van der Waals surface area contributed by atoms with Crippen molar-refractivity contribution in [2.24, 2.45) is 0 Å². The lowest BCUT2D eigenvalue weighted by molar-refractivity contribution is 0.321. The lowest BCUT2D eigenvalue weighted by atomic mass is 10.1. The third kappa shape index (κ3) is 3.13. The monoisotopic (exact) mass is 351 g/mol. The number of ether oxygens (including phenoxy) is 2. The number of halogens is 2. The molecule has 0 unspecified atom stereocenters. The molecule has 5 heteroatoms. The highest BCUT2D eigenvalue weighted by molar-refractivity contribution is 9.10. The van der Waals surface area contributed by atoms with Crippen molar-refractivity contribution in [3.8, 4) is 11.5 Å². The zero-order valence-electron chi connectivity index (χ0n) is 11.4. The first kappa shape index (κ1) is 14.2. The third-order valence-corrected chi connectivity index (χ3v) is 4.02. The minimum atomic E-state index is -0.384. The minimum absolute atomic E-state index is 0.296. The molecule has 0 spiro atoms. The van der Waals surface area contributed by atoms with E-state index in [1.165, 1.54) is 23.3 Å². The second kappa shape index (κ2) is 5.93. The Balaban J connectivity index is 1.64. The Bertz CT molecular complexity index is 652. The molecule has 0 bridgehead atoms. The Morgan fingerprint density at radius 3 is 2.95 bits per heavy atom. The first-order valence-electron chi connectivity index (χ1n) is 6.75. The Hall–Kier alpha value is -1.75. The summed E-state index contributed by atoms with van der Waals surface area (Å²) in [4.78, 5) is 0. The Kier molecular flexibility index (Phi) is 4.01. The first-order valence-corrected chi connectivity index (χ1v) is 7.55. The largest absolute Gasteiger partial charge is 0.493 e. The van der Waals surface area contributed by atoms with Crippen LogP contribution in [0, 0.1) is 5.82 Å². The molecule has 0 amide bonds. The molecule has 0 atom stereocenters. The van der Waals surface area contributed by atoms with E-state index in [9.17, 15) is 4.39 Å². The molecule has 0 radical (unpaired) electrons. The summed E-state index contributed by atoms with van der Waals surface area (Å²) >= 11 is 3.26. The number of rotatable bonds is 4. The summed E-state index contributed by atoms with van der Waals surface area (Å²) in [5, 5.41) is 0. The van der Waals surface area contributed by atoms with Crippen LogP contribution in [0.3, 0.4) is 0 Å². The van der Waals surface area contributed by atoms with Gasteiger partial charge in [-0.3, -0.25) is 0 Å². The molecule has 0 aliphatic carbocycles. The van der Waals surface area contributed by atoms with Crippen LogP contribution in [0.5, 0.6) is 11.5 Å². The quantitative estimate of drug-likeness (QED) is 0.853. The van der Waals surface area contributed by atoms with Gasteiger partial charge in [0.25, 0.3) is 0 Å². The maximum Gasteiger partial charge on any atom is 0.156 e. The van der Waals surface area contributed by atoms with Crippen molar-refractivity contribution in [2.45, 2.75) is 12.8 Å². The van der Waals surface area contributed by atoms with Gasteiger partial charge in [0.2, 0.25) is 0 Å². The van der Waals surface area contributed by atoms with Gasteiger partial charge in [-0.25, -0.2) is 4.39 Å². The first-order chi connectivity index (χ1) is 10.1. The molecule has 2 aromatic carbocycles. The van der Waals surface area contributed by atoms with E-state index in [1.54, 1.807) is 0 Å². The molecule has 3 nitrogen and oxygen atoms in total. The van der Waals surface area contributed by atoms with Gasteiger partial charge in [0, 0.05) is 18.9 Å². The summed E-state index contributed by atoms with van der Waals surface area (Å²) in [6.07, 6.45) is 1.72. The molecule has 21 heavy (non-hydrogen) atoms. The predicted octanol–water partition coefficient (Wildman–Crippen LogP) is 3.73. The average Bonchev–Trinajstić information content (AvgIpc) is 2.89. The molecule has 3 rings (SSSR count). The number of hydrogen-bond donors (Lipinski definition) is 1. The standard InChI is InChI=1S/C16H15BrFNO2/c17-13-8-12(18)9-14(19)16(13)21-5-3-10-1-2-15-11(7-10)4-6-20-15/h1-2,7-9H,3-6,19H2. The van der Waals surface area contributed by atoms with Crippen LogP contribution in [-0.4, -0.2) is 13.2 Å². The van der Waals surface area contributed by atoms with Gasteiger partial charge in [0.05, 0.1) is 23.4 Å². The second-order valence-corrected chi connectivity index (χ2v) is 5.80. The summed E-state index contributed by atoms with van der Waals surface area (Å²) in [6.45, 7) is 1.24. The molecule has 0 aromatic heterocycles. The summed E-state index contributed by atoms with van der Waals surface area (Å²) in [6, 6.07) is 8.79. The van der Waals surface area contributed by atoms with Gasteiger partial charge in [-0.05, 0) is 39.2 Å². The highest BCUT2D eigenvalue weighted by Crippen LogP contribution is 2.32. The van der Waals surface area contributed by atoms with E-state index in [4.69, 9.17) is 15.2 Å². The summed E-state index contributed by atoms with van der Waals surface area (Å²) in [5.74, 6) is 1.08. The Labute approximate surface area is 131 Å². The van der Waals surface area contributed by atoms with Crippen LogP contribution in [0.2, 0.25) is 0 Å². The predicted molar refractivity (Wildman–Crippen MR) is 83.4 cm³/mol. The van der Waals surface area contributed by atoms with Crippen molar-refractivity contribution in [1.82, 2.24) is 0 Å². The summed E-state index contributed by atoms with van der Waals surface area (Å²) < 4.78 is 24.8. The maximum absolute atomic E-state index is 13.1. The average molecular weight is 352 g/mol. The van der Waals surface area contributed by atoms with Gasteiger partial charge < -0.3 is 15.2 Å². The molecule has 2 N–H and O–H groups in total. The minimum Gasteiger partial charge on any atom is -0.493 e. The molecule has 110 valence electrons. The molecule has 0 saturated carbocycles. The van der Waals surface area contributed by atoms with E-state index in [2.05, 4.69) is 22.0 Å². The van der Waals surface area contributed by atoms with Crippen LogP contribution in [-0.2, 0) is 12.8 Å². The van der Waals surface area contributed by atoms with Gasteiger partial charge >= 0.3 is 0 Å². The number of nitrogen functional groups attached to an aromatic ring is 1. The molecule has 1 aliphatic heterocycles. The summed E-state index contributed by atoms with van der Waals surface area (Å²) in [7, 11) is 0. The van der Waals surface area contributed by atoms with E-state index in [1.807, 2.05) is 12.1 Å². The number of hydrogen-bond acceptors (Lipinski definition) is 3. The van der Waals surface area contributed by atoms with E-state index in [-0.39, 0.29) is 5.82 Å². The highest BCUT2D eigenvalue weighted by atomic mass is 79.9. The molecule has 0 fully saturated rings. The molecule has 1 aliphatic rings. The lowest BCUT2D eigenvalue weighted by Gasteiger charge is -2.11. The summed E-state index contributed by atoms with van der Waals surface area (Å²) in [5.41, 5.74) is 8.50. The van der Waals surface area contributed by atoms with Gasteiger partial charge in [0.15, 0.2) is 5.75 Å². The molecule has 0 saturated heterocycles. The van der Waals surface area contributed by atoms with Crippen molar-refractivity contribution in [3.05, 3.63) is 51.7 Å². The van der Waals surface area contributed by atoms with E-state index in [0.29, 0.717) is 22.5 Å². The fourth-order valence-electron chi connectivity index (χ4n) is 2.40. The van der Waals surface area contributed by atoms with Gasteiger partial charge in [-0.2, -0.15) is 0 Å². The van der Waals surface area contributed by atoms with Gasteiger partial charge in [-0.15, -0.1) is 0 Å². The van der Waals surface area contributed by atoms with Crippen molar-refractivity contribution < 1.29 is 13.9 Å². The fourth-order valence-corrected chi connectivity index (χ4v) is 2.96. The van der Waals surface area contributed by atoms with Crippen LogP contribution in [0.1, 0.15) is 11.1 Å². The zero-order valence-corrected chi connectivity index (χ0v) is 13.0. The van der Waals surface area contributed by atoms with E-state index in [0.717, 1.165) is 25.2 Å². The van der Waals surface area contributed by atoms with Crippen LogP contribution in [0.15, 0.2) is 34.8 Å². The Morgan fingerprint density at radius 1 is 1.29 bits per heavy atom. The van der Waals surface area contributed by atoms with E-state index < -0.39 is 0 Å². The van der Waals surface area contributed by atoms with Crippen LogP contribution in [0.25, 0.3) is 0 Å². The SMILES string of the molecule is Nc1cc(F)cc(Br)c1OCCc1ccc2c(c1)CCO2. The number of fused-ring (bicyclic) bond motifs is 1. The smallest absolute Gasteiger partial charge is 0.156 e. The number of nitrogens with two attached hydrogens (primary N) is 1. The van der Waals surface area contributed by atoms with Crippen LogP contribution < -0.4 is 15.2 Å². The number of anilines is 1. The molecule has 2 aromatic rings. The molecule has 1 heterocycles. The van der Waals surface area contributed by atoms with Crippen LogP contribution >= 0.6 is 15.9 Å². The van der Waals surface area contributed by atoms with Crippen molar-refractivity contribution in [3.63, 3.8) is 0 Å².